The molecule has 2 aromatic rings. The van der Waals surface area contributed by atoms with Crippen molar-refractivity contribution < 1.29 is 4.79 Å². The van der Waals surface area contributed by atoms with E-state index in [0.29, 0.717) is 13.0 Å². The molecule has 140 valence electrons. The minimum Gasteiger partial charge on any atom is -0.352 e. The zero-order valence-electron chi connectivity index (χ0n) is 15.5. The van der Waals surface area contributed by atoms with E-state index < -0.39 is 0 Å². The van der Waals surface area contributed by atoms with E-state index >= 15 is 0 Å². The van der Waals surface area contributed by atoms with E-state index in [4.69, 9.17) is 0 Å². The number of carbonyl (C=O) groups is 1. The van der Waals surface area contributed by atoms with E-state index in [1.807, 2.05) is 63.5 Å². The van der Waals surface area contributed by atoms with Crippen LogP contribution < -0.4 is 5.32 Å². The smallest absolute Gasteiger partial charge is 0.220 e. The van der Waals surface area contributed by atoms with Crippen molar-refractivity contribution >= 4 is 27.5 Å². The van der Waals surface area contributed by atoms with Gasteiger partial charge in [0, 0.05) is 35.2 Å². The molecule has 0 saturated carbocycles. The first-order valence-corrected chi connectivity index (χ1v) is 11.7. The van der Waals surface area contributed by atoms with Crippen molar-refractivity contribution in [2.75, 3.05) is 5.75 Å². The molecule has 1 fully saturated rings. The standard InChI is InChI=1S/C20H27N3OS2/c1-15-19(16(2)23(22-15)17-8-4-3-5-9-17)14-21-20(24)11-7-6-10-18-12-13-25-26-18/h3-5,8-9,18H,6-7,10-14H2,1-2H3,(H,21,24). The third kappa shape index (κ3) is 5.07. The largest absolute Gasteiger partial charge is 0.352 e. The van der Waals surface area contributed by atoms with E-state index in [1.165, 1.54) is 18.6 Å². The van der Waals surface area contributed by atoms with Crippen LogP contribution in [0.15, 0.2) is 30.3 Å². The fourth-order valence-electron chi connectivity index (χ4n) is 3.25. The number of rotatable bonds is 8. The minimum atomic E-state index is 0.143. The average Bonchev–Trinajstić information content (AvgIpc) is 3.26. The molecule has 26 heavy (non-hydrogen) atoms. The van der Waals surface area contributed by atoms with Crippen molar-refractivity contribution in [3.63, 3.8) is 0 Å². The van der Waals surface area contributed by atoms with E-state index in [-0.39, 0.29) is 5.91 Å². The van der Waals surface area contributed by atoms with Gasteiger partial charge in [-0.1, -0.05) is 46.2 Å². The summed E-state index contributed by atoms with van der Waals surface area (Å²) < 4.78 is 1.95. The first kappa shape index (κ1) is 19.4. The van der Waals surface area contributed by atoms with Crippen LogP contribution in [0.3, 0.4) is 0 Å². The number of nitrogens with zero attached hydrogens (tertiary/aromatic N) is 2. The zero-order valence-corrected chi connectivity index (χ0v) is 17.2. The fraction of sp³-hybridized carbons (Fsp3) is 0.500. The number of hydrogen-bond donors (Lipinski definition) is 1. The normalized spacial score (nSPS) is 16.8. The topological polar surface area (TPSA) is 46.9 Å². The molecule has 1 aliphatic heterocycles. The maximum Gasteiger partial charge on any atom is 0.220 e. The number of nitrogens with one attached hydrogen (secondary N) is 1. The summed E-state index contributed by atoms with van der Waals surface area (Å²) in [4.78, 5) is 12.2. The molecule has 3 rings (SSSR count). The molecule has 1 amide bonds. The quantitative estimate of drug-likeness (QED) is 0.519. The Hall–Kier alpha value is -1.40. The maximum atomic E-state index is 12.2. The van der Waals surface area contributed by atoms with Gasteiger partial charge in [0.1, 0.15) is 0 Å². The van der Waals surface area contributed by atoms with Crippen molar-refractivity contribution in [3.8, 4) is 5.69 Å². The van der Waals surface area contributed by atoms with Gasteiger partial charge in [0.25, 0.3) is 0 Å². The second kappa shape index (κ2) is 9.51. The molecule has 4 nitrogen and oxygen atoms in total. The molecule has 6 heteroatoms. The number of benzene rings is 1. The van der Waals surface area contributed by atoms with Gasteiger partial charge < -0.3 is 5.32 Å². The van der Waals surface area contributed by atoms with Gasteiger partial charge in [-0.3, -0.25) is 4.79 Å². The molecule has 0 radical (unpaired) electrons. The van der Waals surface area contributed by atoms with Gasteiger partial charge in [-0.05, 0) is 45.2 Å². The number of aryl methyl sites for hydroxylation is 1. The number of amides is 1. The third-order valence-electron chi connectivity index (χ3n) is 4.81. The maximum absolute atomic E-state index is 12.2. The molecule has 1 aliphatic rings. The lowest BCUT2D eigenvalue weighted by molar-refractivity contribution is -0.121. The highest BCUT2D eigenvalue weighted by molar-refractivity contribution is 8.77. The molecule has 1 N–H and O–H groups in total. The van der Waals surface area contributed by atoms with Crippen LogP contribution in [-0.4, -0.2) is 26.7 Å². The van der Waals surface area contributed by atoms with E-state index in [2.05, 4.69) is 17.3 Å². The lowest BCUT2D eigenvalue weighted by atomic mass is 10.1. The molecular formula is C20H27N3OS2. The van der Waals surface area contributed by atoms with Crippen molar-refractivity contribution in [2.24, 2.45) is 0 Å². The summed E-state index contributed by atoms with van der Waals surface area (Å²) in [6, 6.07) is 10.1. The summed E-state index contributed by atoms with van der Waals surface area (Å²) in [6.07, 6.45) is 5.32. The predicted molar refractivity (Wildman–Crippen MR) is 112 cm³/mol. The van der Waals surface area contributed by atoms with Gasteiger partial charge in [0.05, 0.1) is 11.4 Å². The van der Waals surface area contributed by atoms with E-state index in [1.54, 1.807) is 0 Å². The zero-order chi connectivity index (χ0) is 18.4. The Balaban J connectivity index is 1.46. The summed E-state index contributed by atoms with van der Waals surface area (Å²) in [5, 5.41) is 8.51. The lowest BCUT2D eigenvalue weighted by Gasteiger charge is -2.08. The summed E-state index contributed by atoms with van der Waals surface area (Å²) in [5.41, 5.74) is 4.22. The van der Waals surface area contributed by atoms with Crippen LogP contribution in [0.25, 0.3) is 5.69 Å². The van der Waals surface area contributed by atoms with E-state index in [0.717, 1.165) is 40.7 Å². The Bertz CT molecular complexity index is 724. The number of hydrogen-bond acceptors (Lipinski definition) is 4. The van der Waals surface area contributed by atoms with Gasteiger partial charge in [-0.15, -0.1) is 0 Å². The van der Waals surface area contributed by atoms with Crippen molar-refractivity contribution in [1.29, 1.82) is 0 Å². The molecule has 1 atom stereocenters. The highest BCUT2D eigenvalue weighted by Crippen LogP contribution is 2.39. The van der Waals surface area contributed by atoms with Gasteiger partial charge in [0.15, 0.2) is 0 Å². The van der Waals surface area contributed by atoms with Crippen molar-refractivity contribution in [2.45, 2.75) is 57.7 Å². The average molecular weight is 390 g/mol. The molecule has 0 aliphatic carbocycles. The highest BCUT2D eigenvalue weighted by Gasteiger charge is 2.16. The van der Waals surface area contributed by atoms with Crippen LogP contribution in [-0.2, 0) is 11.3 Å². The fourth-order valence-corrected chi connectivity index (χ4v) is 6.28. The SMILES string of the molecule is Cc1nn(-c2ccccc2)c(C)c1CNC(=O)CCCCC1CCSS1. The third-order valence-corrected chi connectivity index (χ3v) is 7.82. The van der Waals surface area contributed by atoms with Gasteiger partial charge in [0.2, 0.25) is 5.91 Å². The summed E-state index contributed by atoms with van der Waals surface area (Å²) in [7, 11) is 4.00. The number of unbranched alkanes of at least 4 members (excludes halogenated alkanes) is 1. The molecule has 0 bridgehead atoms. The summed E-state index contributed by atoms with van der Waals surface area (Å²) in [5.74, 6) is 1.43. The Labute approximate surface area is 163 Å². The van der Waals surface area contributed by atoms with Crippen molar-refractivity contribution in [1.82, 2.24) is 15.1 Å². The Morgan fingerprint density at radius 3 is 2.81 bits per heavy atom. The van der Waals surface area contributed by atoms with Gasteiger partial charge in [-0.25, -0.2) is 4.68 Å². The molecule has 1 unspecified atom stereocenters. The first-order valence-electron chi connectivity index (χ1n) is 9.30. The summed E-state index contributed by atoms with van der Waals surface area (Å²) >= 11 is 0. The van der Waals surface area contributed by atoms with Crippen LogP contribution in [0.5, 0.6) is 0 Å². The number of para-hydroxylation sites is 1. The molecule has 1 aromatic heterocycles. The lowest BCUT2D eigenvalue weighted by Crippen LogP contribution is -2.23. The second-order valence-electron chi connectivity index (χ2n) is 6.75. The summed E-state index contributed by atoms with van der Waals surface area (Å²) in [6.45, 7) is 4.62. The Kier molecular flexibility index (Phi) is 7.08. The van der Waals surface area contributed by atoms with Crippen LogP contribution in [0.1, 0.15) is 49.1 Å². The monoisotopic (exact) mass is 389 g/mol. The Morgan fingerprint density at radius 2 is 2.08 bits per heavy atom. The minimum absolute atomic E-state index is 0.143. The predicted octanol–water partition coefficient (Wildman–Crippen LogP) is 4.82. The molecule has 1 aromatic carbocycles. The van der Waals surface area contributed by atoms with Crippen molar-refractivity contribution in [3.05, 3.63) is 47.3 Å². The molecule has 0 spiro atoms. The number of carbonyl (C=O) groups excluding carboxylic acids is 1. The van der Waals surface area contributed by atoms with E-state index in [9.17, 15) is 4.79 Å². The van der Waals surface area contributed by atoms with Crippen LogP contribution in [0, 0.1) is 13.8 Å². The van der Waals surface area contributed by atoms with Crippen LogP contribution in [0.4, 0.5) is 0 Å². The number of aromatic nitrogens is 2. The highest BCUT2D eigenvalue weighted by atomic mass is 33.1. The first-order chi connectivity index (χ1) is 12.6. The van der Waals surface area contributed by atoms with Gasteiger partial charge in [-0.2, -0.15) is 5.10 Å². The second-order valence-corrected chi connectivity index (χ2v) is 9.54. The van der Waals surface area contributed by atoms with Crippen LogP contribution >= 0.6 is 21.6 Å². The van der Waals surface area contributed by atoms with Gasteiger partial charge >= 0.3 is 0 Å². The molecule has 2 heterocycles. The Morgan fingerprint density at radius 1 is 1.27 bits per heavy atom. The molecular weight excluding hydrogens is 362 g/mol. The van der Waals surface area contributed by atoms with Crippen LogP contribution in [0.2, 0.25) is 0 Å². The molecule has 1 saturated heterocycles.